The number of amides is 2. The summed E-state index contributed by atoms with van der Waals surface area (Å²) in [4.78, 5) is 39.8. The van der Waals surface area contributed by atoms with Crippen LogP contribution in [-0.2, 0) is 26.2 Å². The summed E-state index contributed by atoms with van der Waals surface area (Å²) in [6.45, 7) is 9.92. The quantitative estimate of drug-likeness (QED) is 0.192. The van der Waals surface area contributed by atoms with E-state index in [4.69, 9.17) is 16.3 Å². The molecule has 0 fully saturated rings. The van der Waals surface area contributed by atoms with Gasteiger partial charge >= 0.3 is 0 Å². The van der Waals surface area contributed by atoms with Crippen LogP contribution in [0.1, 0.15) is 50.8 Å². The molecule has 1 atom stereocenters. The number of rotatable bonds is 12. The molecule has 0 aliphatic carbocycles. The first-order valence-corrected chi connectivity index (χ1v) is 16.1. The second kappa shape index (κ2) is 14.3. The number of benzene rings is 3. The first-order chi connectivity index (χ1) is 21.0. The average molecular weight is 659 g/mol. The summed E-state index contributed by atoms with van der Waals surface area (Å²) >= 11 is 6.28. The number of carbonyl (C=O) groups excluding carboxylic acids is 2. The normalized spacial score (nSPS) is 12.3. The molecule has 0 radical (unpaired) electrons. The smallest absolute Gasteiger partial charge is 0.273 e. The van der Waals surface area contributed by atoms with E-state index in [9.17, 15) is 28.1 Å². The molecule has 11 nitrogen and oxygen atoms in total. The highest BCUT2D eigenvalue weighted by molar-refractivity contribution is 7.92. The number of nitro benzene ring substituents is 1. The van der Waals surface area contributed by atoms with Gasteiger partial charge in [-0.05, 0) is 70.9 Å². The average Bonchev–Trinajstić information content (AvgIpc) is 2.95. The number of aryl methyl sites for hydroxylation is 2. The molecule has 242 valence electrons. The molecular weight excluding hydrogens is 620 g/mol. The molecule has 0 aliphatic heterocycles. The Morgan fingerprint density at radius 1 is 1.04 bits per heavy atom. The Morgan fingerprint density at radius 3 is 2.24 bits per heavy atom. The highest BCUT2D eigenvalue weighted by atomic mass is 35.5. The van der Waals surface area contributed by atoms with Gasteiger partial charge in [-0.1, -0.05) is 54.4 Å². The zero-order valence-corrected chi connectivity index (χ0v) is 28.0. The Balaban J connectivity index is 2.20. The Kier molecular flexibility index (Phi) is 11.2. The van der Waals surface area contributed by atoms with Gasteiger partial charge in [0.25, 0.3) is 15.7 Å². The molecule has 0 heterocycles. The number of halogens is 1. The lowest BCUT2D eigenvalue weighted by molar-refractivity contribution is -0.385. The van der Waals surface area contributed by atoms with E-state index < -0.39 is 55.5 Å². The maximum atomic E-state index is 14.3. The van der Waals surface area contributed by atoms with Gasteiger partial charge in [0, 0.05) is 28.7 Å². The van der Waals surface area contributed by atoms with Crippen molar-refractivity contribution in [1.29, 1.82) is 0 Å². The Labute approximate surface area is 269 Å². The van der Waals surface area contributed by atoms with Gasteiger partial charge in [-0.3, -0.25) is 24.0 Å². The van der Waals surface area contributed by atoms with Gasteiger partial charge < -0.3 is 15.0 Å². The highest BCUT2D eigenvalue weighted by Gasteiger charge is 2.36. The van der Waals surface area contributed by atoms with Crippen LogP contribution in [0.4, 0.5) is 11.4 Å². The van der Waals surface area contributed by atoms with Gasteiger partial charge in [0.1, 0.15) is 18.3 Å². The van der Waals surface area contributed by atoms with Gasteiger partial charge in [-0.2, -0.15) is 0 Å². The SMILES string of the molecule is CC[C@H](C(=O)NC(C)(C)C)N(Cc1ccc(C)cc1)C(=O)CN(c1cc(Cl)ccc1OC)S(=O)(=O)c1ccc(C)c([N+](=O)[O-])c1. The maximum absolute atomic E-state index is 14.3. The van der Waals surface area contributed by atoms with Crippen LogP contribution in [0.5, 0.6) is 5.75 Å². The molecular formula is C32H39ClN4O7S. The zero-order valence-electron chi connectivity index (χ0n) is 26.5. The summed E-state index contributed by atoms with van der Waals surface area (Å²) in [7, 11) is -3.29. The zero-order chi connectivity index (χ0) is 33.7. The van der Waals surface area contributed by atoms with Crippen LogP contribution in [0.3, 0.4) is 0 Å². The third-order valence-electron chi connectivity index (χ3n) is 7.01. The van der Waals surface area contributed by atoms with Crippen molar-refractivity contribution in [3.05, 3.63) is 92.5 Å². The van der Waals surface area contributed by atoms with Crippen LogP contribution in [-0.4, -0.2) is 55.3 Å². The fraction of sp³-hybridized carbons (Fsp3) is 0.375. The number of nitrogens with one attached hydrogen (secondary N) is 1. The number of anilines is 1. The van der Waals surface area contributed by atoms with Gasteiger partial charge in [-0.25, -0.2) is 8.42 Å². The van der Waals surface area contributed by atoms with E-state index in [1.807, 2.05) is 52.0 Å². The molecule has 0 unspecified atom stereocenters. The van der Waals surface area contributed by atoms with E-state index in [1.54, 1.807) is 6.92 Å². The summed E-state index contributed by atoms with van der Waals surface area (Å²) in [6.07, 6.45) is 0.247. The standard InChI is InChI=1S/C32H39ClN4O7S/c1-8-26(31(39)34-32(4,5)6)35(19-23-12-9-21(2)10-13-23)30(38)20-36(28-17-24(33)14-16-29(28)44-7)45(42,43)25-15-11-22(3)27(18-25)37(40)41/h9-18,26H,8,19-20H2,1-7H3,(H,34,39)/t26-/m1/s1. The summed E-state index contributed by atoms with van der Waals surface area (Å²) in [5.74, 6) is -0.979. The number of hydrogen-bond acceptors (Lipinski definition) is 7. The first-order valence-electron chi connectivity index (χ1n) is 14.3. The fourth-order valence-electron chi connectivity index (χ4n) is 4.71. The number of hydrogen-bond donors (Lipinski definition) is 1. The van der Waals surface area contributed by atoms with Crippen molar-refractivity contribution in [1.82, 2.24) is 10.2 Å². The monoisotopic (exact) mass is 658 g/mol. The number of sulfonamides is 1. The molecule has 0 spiro atoms. The third kappa shape index (κ3) is 8.73. The molecule has 3 aromatic carbocycles. The van der Waals surface area contributed by atoms with Crippen LogP contribution in [0.15, 0.2) is 65.6 Å². The molecule has 2 amide bonds. The van der Waals surface area contributed by atoms with Crippen molar-refractivity contribution in [2.75, 3.05) is 18.0 Å². The van der Waals surface area contributed by atoms with E-state index in [-0.39, 0.29) is 35.0 Å². The van der Waals surface area contributed by atoms with Crippen molar-refractivity contribution >= 4 is 44.8 Å². The van der Waals surface area contributed by atoms with E-state index in [0.29, 0.717) is 0 Å². The predicted molar refractivity (Wildman–Crippen MR) is 174 cm³/mol. The minimum atomic E-state index is -4.62. The lowest BCUT2D eigenvalue weighted by atomic mass is 10.1. The molecule has 0 bridgehead atoms. The minimum Gasteiger partial charge on any atom is -0.495 e. The van der Waals surface area contributed by atoms with E-state index >= 15 is 0 Å². The van der Waals surface area contributed by atoms with Gasteiger partial charge in [0.15, 0.2) is 0 Å². The Morgan fingerprint density at radius 2 is 1.69 bits per heavy atom. The van der Waals surface area contributed by atoms with Gasteiger partial charge in [0.05, 0.1) is 22.6 Å². The van der Waals surface area contributed by atoms with Crippen molar-refractivity contribution in [3.8, 4) is 5.75 Å². The molecule has 0 aromatic heterocycles. The topological polar surface area (TPSA) is 139 Å². The van der Waals surface area contributed by atoms with Crippen molar-refractivity contribution < 1.29 is 27.7 Å². The van der Waals surface area contributed by atoms with Crippen molar-refractivity contribution in [2.24, 2.45) is 0 Å². The number of carbonyl (C=O) groups is 2. The molecule has 45 heavy (non-hydrogen) atoms. The number of ether oxygens (including phenoxy) is 1. The maximum Gasteiger partial charge on any atom is 0.273 e. The van der Waals surface area contributed by atoms with Crippen molar-refractivity contribution in [3.63, 3.8) is 0 Å². The second-order valence-electron chi connectivity index (χ2n) is 11.7. The fourth-order valence-corrected chi connectivity index (χ4v) is 6.31. The summed E-state index contributed by atoms with van der Waals surface area (Å²) in [6, 6.07) is 14.3. The van der Waals surface area contributed by atoms with Crippen LogP contribution >= 0.6 is 11.6 Å². The van der Waals surface area contributed by atoms with Gasteiger partial charge in [-0.15, -0.1) is 0 Å². The molecule has 3 aromatic rings. The van der Waals surface area contributed by atoms with Gasteiger partial charge in [0.2, 0.25) is 11.8 Å². The molecule has 0 aliphatic rings. The van der Waals surface area contributed by atoms with Crippen LogP contribution in [0, 0.1) is 24.0 Å². The predicted octanol–water partition coefficient (Wildman–Crippen LogP) is 5.79. The number of nitro groups is 1. The number of nitrogens with zero attached hydrogens (tertiary/aromatic N) is 3. The molecule has 3 rings (SSSR count). The summed E-state index contributed by atoms with van der Waals surface area (Å²) in [5, 5.41) is 14.8. The van der Waals surface area contributed by atoms with Crippen LogP contribution < -0.4 is 14.4 Å². The Bertz CT molecular complexity index is 1670. The summed E-state index contributed by atoms with van der Waals surface area (Å²) in [5.41, 5.74) is 0.968. The van der Waals surface area contributed by atoms with E-state index in [1.165, 1.54) is 49.3 Å². The second-order valence-corrected chi connectivity index (χ2v) is 14.0. The molecule has 13 heteroatoms. The third-order valence-corrected chi connectivity index (χ3v) is 9.00. The van der Waals surface area contributed by atoms with Crippen LogP contribution in [0.2, 0.25) is 5.02 Å². The first kappa shape index (κ1) is 35.3. The van der Waals surface area contributed by atoms with E-state index in [0.717, 1.165) is 21.5 Å². The molecule has 1 N–H and O–H groups in total. The highest BCUT2D eigenvalue weighted by Crippen LogP contribution is 2.36. The number of methoxy groups -OCH3 is 1. The molecule has 0 saturated carbocycles. The lowest BCUT2D eigenvalue weighted by Crippen LogP contribution is -2.55. The lowest BCUT2D eigenvalue weighted by Gasteiger charge is -2.35. The summed E-state index contributed by atoms with van der Waals surface area (Å²) < 4.78 is 34.8. The van der Waals surface area contributed by atoms with Crippen LogP contribution in [0.25, 0.3) is 0 Å². The Hall–Kier alpha value is -4.16. The largest absolute Gasteiger partial charge is 0.495 e. The van der Waals surface area contributed by atoms with E-state index in [2.05, 4.69) is 5.32 Å². The van der Waals surface area contributed by atoms with Crippen molar-refractivity contribution in [2.45, 2.75) is 71.0 Å². The molecule has 0 saturated heterocycles. The minimum absolute atomic E-state index is 0.0196.